The van der Waals surface area contributed by atoms with Gasteiger partial charge in [0, 0.05) is 18.7 Å². The summed E-state index contributed by atoms with van der Waals surface area (Å²) in [5, 5.41) is 2.24. The van der Waals surface area contributed by atoms with Crippen molar-refractivity contribution >= 4 is 11.9 Å². The number of likely N-dealkylation sites (N-methyl/N-ethyl adjacent to an activating group) is 1. The standard InChI is InChI=1S/C11H15N3O5/c1-3-13(7-11(18)19-2)10(17)6-14-9(16)5-4-8(15)12-14/h4-5H,3,6-7H2,1-2H3,(H,12,15). The molecule has 1 heterocycles. The third kappa shape index (κ3) is 4.09. The number of aromatic nitrogens is 2. The van der Waals surface area contributed by atoms with E-state index < -0.39 is 23.0 Å². The van der Waals surface area contributed by atoms with E-state index >= 15 is 0 Å². The van der Waals surface area contributed by atoms with E-state index in [2.05, 4.69) is 9.84 Å². The highest BCUT2D eigenvalue weighted by atomic mass is 16.5. The zero-order valence-corrected chi connectivity index (χ0v) is 10.7. The van der Waals surface area contributed by atoms with Crippen molar-refractivity contribution in [1.29, 1.82) is 0 Å². The van der Waals surface area contributed by atoms with Crippen LogP contribution < -0.4 is 11.1 Å². The summed E-state index contributed by atoms with van der Waals surface area (Å²) in [6.07, 6.45) is 0. The fraction of sp³-hybridized carbons (Fsp3) is 0.455. The number of hydrogen-bond acceptors (Lipinski definition) is 5. The second-order valence-corrected chi connectivity index (χ2v) is 3.72. The van der Waals surface area contributed by atoms with Gasteiger partial charge in [-0.1, -0.05) is 0 Å². The molecule has 0 radical (unpaired) electrons. The van der Waals surface area contributed by atoms with Gasteiger partial charge in [0.2, 0.25) is 5.91 Å². The van der Waals surface area contributed by atoms with Gasteiger partial charge in [-0.15, -0.1) is 0 Å². The van der Waals surface area contributed by atoms with E-state index in [9.17, 15) is 19.2 Å². The predicted octanol–water partition coefficient (Wildman–Crippen LogP) is -1.44. The molecule has 0 bridgehead atoms. The fourth-order valence-corrected chi connectivity index (χ4v) is 1.41. The monoisotopic (exact) mass is 269 g/mol. The smallest absolute Gasteiger partial charge is 0.325 e. The number of ether oxygens (including phenoxy) is 1. The van der Waals surface area contributed by atoms with Crippen molar-refractivity contribution in [2.24, 2.45) is 0 Å². The molecule has 1 amide bonds. The Morgan fingerprint density at radius 1 is 1.37 bits per heavy atom. The minimum absolute atomic E-state index is 0.197. The van der Waals surface area contributed by atoms with Gasteiger partial charge in [0.15, 0.2) is 0 Å². The lowest BCUT2D eigenvalue weighted by molar-refractivity contribution is -0.147. The van der Waals surface area contributed by atoms with E-state index in [1.165, 1.54) is 12.0 Å². The number of esters is 1. The molecule has 0 atom stereocenters. The lowest BCUT2D eigenvalue weighted by Gasteiger charge is -2.19. The number of carbonyl (C=O) groups is 2. The second-order valence-electron chi connectivity index (χ2n) is 3.72. The normalized spacial score (nSPS) is 10.0. The van der Waals surface area contributed by atoms with Crippen LogP contribution >= 0.6 is 0 Å². The summed E-state index contributed by atoms with van der Waals surface area (Å²) < 4.78 is 5.36. The molecule has 8 heteroatoms. The Kier molecular flexibility index (Phi) is 5.04. The number of hydrogen-bond donors (Lipinski definition) is 1. The Balaban J connectivity index is 2.82. The first kappa shape index (κ1) is 14.7. The zero-order chi connectivity index (χ0) is 14.4. The highest BCUT2D eigenvalue weighted by Gasteiger charge is 2.16. The van der Waals surface area contributed by atoms with Crippen molar-refractivity contribution in [3.63, 3.8) is 0 Å². The maximum absolute atomic E-state index is 11.9. The first-order valence-corrected chi connectivity index (χ1v) is 5.62. The fourth-order valence-electron chi connectivity index (χ4n) is 1.41. The summed E-state index contributed by atoms with van der Waals surface area (Å²) >= 11 is 0. The van der Waals surface area contributed by atoms with Crippen molar-refractivity contribution < 1.29 is 14.3 Å². The van der Waals surface area contributed by atoms with Crippen LogP contribution in [0, 0.1) is 0 Å². The maximum atomic E-state index is 11.9. The van der Waals surface area contributed by atoms with E-state index in [4.69, 9.17) is 0 Å². The highest BCUT2D eigenvalue weighted by molar-refractivity contribution is 5.81. The molecule has 0 aliphatic heterocycles. The van der Waals surface area contributed by atoms with Crippen LogP contribution in [-0.2, 0) is 20.9 Å². The molecule has 1 aromatic heterocycles. The van der Waals surface area contributed by atoms with Crippen molar-refractivity contribution in [2.75, 3.05) is 20.2 Å². The Hall–Kier alpha value is -2.38. The number of nitrogens with zero attached hydrogens (tertiary/aromatic N) is 2. The molecule has 0 saturated heterocycles. The van der Waals surface area contributed by atoms with Crippen LogP contribution in [0.4, 0.5) is 0 Å². The first-order chi connectivity index (χ1) is 8.97. The van der Waals surface area contributed by atoms with Crippen LogP contribution in [0.1, 0.15) is 6.92 Å². The molecule has 0 fully saturated rings. The lowest BCUT2D eigenvalue weighted by Crippen LogP contribution is -2.41. The molecule has 1 N–H and O–H groups in total. The third-order valence-electron chi connectivity index (χ3n) is 2.46. The Labute approximate surface area is 108 Å². The number of amides is 1. The number of aromatic amines is 1. The van der Waals surface area contributed by atoms with Gasteiger partial charge < -0.3 is 9.64 Å². The van der Waals surface area contributed by atoms with Crippen LogP contribution in [0.25, 0.3) is 0 Å². The molecule has 0 unspecified atom stereocenters. The third-order valence-corrected chi connectivity index (χ3v) is 2.46. The summed E-state index contributed by atoms with van der Waals surface area (Å²) in [5.41, 5.74) is -0.981. The predicted molar refractivity (Wildman–Crippen MR) is 65.6 cm³/mol. The first-order valence-electron chi connectivity index (χ1n) is 5.62. The molecule has 1 rings (SSSR count). The molecule has 104 valence electrons. The number of H-pyrrole nitrogens is 1. The molecule has 0 aliphatic carbocycles. The van der Waals surface area contributed by atoms with Crippen molar-refractivity contribution in [3.8, 4) is 0 Å². The summed E-state index contributed by atoms with van der Waals surface area (Å²) in [5.74, 6) is -1.01. The summed E-state index contributed by atoms with van der Waals surface area (Å²) in [6, 6.07) is 2.15. The van der Waals surface area contributed by atoms with Gasteiger partial charge in [-0.25, -0.2) is 4.68 Å². The number of methoxy groups -OCH3 is 1. The molecule has 0 saturated carbocycles. The minimum Gasteiger partial charge on any atom is -0.468 e. The maximum Gasteiger partial charge on any atom is 0.325 e. The van der Waals surface area contributed by atoms with Crippen LogP contribution in [0.3, 0.4) is 0 Å². The van der Waals surface area contributed by atoms with Crippen LogP contribution in [-0.4, -0.2) is 46.8 Å². The van der Waals surface area contributed by atoms with Gasteiger partial charge in [-0.05, 0) is 6.92 Å². The van der Waals surface area contributed by atoms with Crippen LogP contribution in [0.5, 0.6) is 0 Å². The molecular weight excluding hydrogens is 254 g/mol. The Morgan fingerprint density at radius 3 is 2.63 bits per heavy atom. The number of carbonyl (C=O) groups excluding carboxylic acids is 2. The van der Waals surface area contributed by atoms with Gasteiger partial charge in [-0.3, -0.25) is 24.3 Å². The zero-order valence-electron chi connectivity index (χ0n) is 10.7. The highest BCUT2D eigenvalue weighted by Crippen LogP contribution is 1.92. The lowest BCUT2D eigenvalue weighted by atomic mass is 10.4. The Morgan fingerprint density at radius 2 is 2.05 bits per heavy atom. The van der Waals surface area contributed by atoms with Gasteiger partial charge in [0.1, 0.15) is 13.1 Å². The van der Waals surface area contributed by atoms with E-state index in [1.54, 1.807) is 6.92 Å². The van der Waals surface area contributed by atoms with E-state index in [-0.39, 0.29) is 13.1 Å². The summed E-state index contributed by atoms with van der Waals surface area (Å²) in [7, 11) is 1.22. The molecule has 8 nitrogen and oxygen atoms in total. The van der Waals surface area contributed by atoms with Gasteiger partial charge in [-0.2, -0.15) is 0 Å². The van der Waals surface area contributed by atoms with E-state index in [1.807, 2.05) is 0 Å². The molecule has 0 spiro atoms. The van der Waals surface area contributed by atoms with Crippen molar-refractivity contribution in [3.05, 3.63) is 32.8 Å². The quantitative estimate of drug-likeness (QED) is 0.659. The largest absolute Gasteiger partial charge is 0.468 e. The summed E-state index contributed by atoms with van der Waals surface area (Å²) in [6.45, 7) is 1.45. The number of nitrogens with one attached hydrogen (secondary N) is 1. The topological polar surface area (TPSA) is 101 Å². The van der Waals surface area contributed by atoms with Gasteiger partial charge in [0.05, 0.1) is 7.11 Å². The average Bonchev–Trinajstić information content (AvgIpc) is 2.39. The van der Waals surface area contributed by atoms with E-state index in [0.717, 1.165) is 16.8 Å². The van der Waals surface area contributed by atoms with Crippen molar-refractivity contribution in [1.82, 2.24) is 14.7 Å². The SMILES string of the molecule is CCN(CC(=O)OC)C(=O)Cn1[nH]c(=O)ccc1=O. The summed E-state index contributed by atoms with van der Waals surface area (Å²) in [4.78, 5) is 46.7. The molecule has 0 aromatic carbocycles. The van der Waals surface area contributed by atoms with Gasteiger partial charge in [0.25, 0.3) is 11.1 Å². The molecule has 19 heavy (non-hydrogen) atoms. The molecular formula is C11H15N3O5. The Bertz CT molecular complexity index is 574. The van der Waals surface area contributed by atoms with Gasteiger partial charge >= 0.3 is 5.97 Å². The molecule has 1 aromatic rings. The van der Waals surface area contributed by atoms with Crippen LogP contribution in [0.15, 0.2) is 21.7 Å². The second kappa shape index (κ2) is 6.53. The van der Waals surface area contributed by atoms with E-state index in [0.29, 0.717) is 6.54 Å². The van der Waals surface area contributed by atoms with Crippen LogP contribution in [0.2, 0.25) is 0 Å². The molecule has 0 aliphatic rings. The minimum atomic E-state index is -0.552. The van der Waals surface area contributed by atoms with Crippen molar-refractivity contribution in [2.45, 2.75) is 13.5 Å². The number of rotatable bonds is 5. The average molecular weight is 269 g/mol.